The van der Waals surface area contributed by atoms with Crippen molar-refractivity contribution in [2.75, 3.05) is 0 Å². The van der Waals surface area contributed by atoms with E-state index in [1.165, 1.54) is 10.4 Å². The molecule has 0 spiro atoms. The highest BCUT2D eigenvalue weighted by molar-refractivity contribution is 9.10. The Bertz CT molecular complexity index is 585. The molecule has 0 bridgehead atoms. The maximum absolute atomic E-state index is 12.5. The number of thiophene rings is 1. The Balaban J connectivity index is 1.77. The van der Waals surface area contributed by atoms with Crippen LogP contribution in [0.1, 0.15) is 34.8 Å². The van der Waals surface area contributed by atoms with Gasteiger partial charge in [-0.2, -0.15) is 0 Å². The summed E-state index contributed by atoms with van der Waals surface area (Å²) >= 11 is 5.22. The number of halogens is 1. The summed E-state index contributed by atoms with van der Waals surface area (Å²) in [4.78, 5) is 13.9. The van der Waals surface area contributed by atoms with Gasteiger partial charge in [-0.05, 0) is 54.0 Å². The van der Waals surface area contributed by atoms with Crippen LogP contribution in [0.3, 0.4) is 0 Å². The molecule has 98 valence electrons. The minimum atomic E-state index is 0.124. The van der Waals surface area contributed by atoms with Crippen LogP contribution in [0, 0.1) is 0 Å². The minimum absolute atomic E-state index is 0.124. The van der Waals surface area contributed by atoms with Gasteiger partial charge in [-0.15, -0.1) is 11.3 Å². The first-order valence-electron chi connectivity index (χ1n) is 6.57. The number of hydrogen-bond acceptors (Lipinski definition) is 2. The van der Waals surface area contributed by atoms with E-state index in [0.29, 0.717) is 12.2 Å². The van der Waals surface area contributed by atoms with Crippen LogP contribution in [0.5, 0.6) is 0 Å². The fraction of sp³-hybridized carbons (Fsp3) is 0.312. The van der Waals surface area contributed by atoms with E-state index < -0.39 is 0 Å². The Morgan fingerprint density at radius 2 is 2.05 bits per heavy atom. The van der Waals surface area contributed by atoms with Crippen LogP contribution >= 0.6 is 27.3 Å². The Labute approximate surface area is 125 Å². The molecule has 1 unspecified atom stereocenters. The van der Waals surface area contributed by atoms with Crippen molar-refractivity contribution in [2.45, 2.75) is 31.6 Å². The maximum atomic E-state index is 12.5. The summed E-state index contributed by atoms with van der Waals surface area (Å²) in [5.74, 6) is 0.486. The van der Waals surface area contributed by atoms with Crippen molar-refractivity contribution in [3.05, 3.63) is 56.2 Å². The second-order valence-corrected chi connectivity index (χ2v) is 6.93. The molecule has 1 aliphatic carbocycles. The van der Waals surface area contributed by atoms with Crippen molar-refractivity contribution in [3.8, 4) is 0 Å². The number of carbonyl (C=O) groups is 1. The van der Waals surface area contributed by atoms with Crippen LogP contribution < -0.4 is 0 Å². The zero-order chi connectivity index (χ0) is 13.2. The highest BCUT2D eigenvalue weighted by Gasteiger charge is 2.26. The predicted molar refractivity (Wildman–Crippen MR) is 82.9 cm³/mol. The smallest absolute Gasteiger partial charge is 0.144 e. The molecule has 1 aliphatic rings. The molecule has 0 radical (unpaired) electrons. The molecule has 0 fully saturated rings. The average Bonchev–Trinajstić information content (AvgIpc) is 2.89. The highest BCUT2D eigenvalue weighted by atomic mass is 79.9. The normalized spacial score (nSPS) is 18.1. The van der Waals surface area contributed by atoms with Crippen molar-refractivity contribution in [1.29, 1.82) is 0 Å². The van der Waals surface area contributed by atoms with E-state index in [9.17, 15) is 4.79 Å². The second kappa shape index (κ2) is 5.59. The molecule has 1 atom stereocenters. The average molecular weight is 335 g/mol. The lowest BCUT2D eigenvalue weighted by Crippen LogP contribution is -2.18. The third kappa shape index (κ3) is 2.82. The Hall–Kier alpha value is -0.930. The van der Waals surface area contributed by atoms with Crippen molar-refractivity contribution in [2.24, 2.45) is 0 Å². The second-order valence-electron chi connectivity index (χ2n) is 5.01. The van der Waals surface area contributed by atoms with Gasteiger partial charge < -0.3 is 0 Å². The molecule has 1 aromatic heterocycles. The molecule has 0 amide bonds. The predicted octanol–water partition coefficient (Wildman–Crippen LogP) is 4.74. The summed E-state index contributed by atoms with van der Waals surface area (Å²) in [6, 6.07) is 10.2. The zero-order valence-corrected chi connectivity index (χ0v) is 13.0. The summed E-state index contributed by atoms with van der Waals surface area (Å²) in [6.07, 6.45) is 3.85. The number of hydrogen-bond donors (Lipinski definition) is 0. The van der Waals surface area contributed by atoms with E-state index in [2.05, 4.69) is 27.4 Å². The minimum Gasteiger partial charge on any atom is -0.299 e. The third-order valence-electron chi connectivity index (χ3n) is 3.73. The van der Waals surface area contributed by atoms with E-state index >= 15 is 0 Å². The van der Waals surface area contributed by atoms with Gasteiger partial charge in [-0.25, -0.2) is 0 Å². The summed E-state index contributed by atoms with van der Waals surface area (Å²) in [5.41, 5.74) is 2.40. The summed E-state index contributed by atoms with van der Waals surface area (Å²) in [6.45, 7) is 0. The third-order valence-corrected chi connectivity index (χ3v) is 5.26. The van der Waals surface area contributed by atoms with Crippen LogP contribution in [-0.2, 0) is 17.6 Å². The van der Waals surface area contributed by atoms with Gasteiger partial charge in [0.1, 0.15) is 5.78 Å². The van der Waals surface area contributed by atoms with Gasteiger partial charge in [0, 0.05) is 21.7 Å². The fourth-order valence-corrected chi connectivity index (χ4v) is 4.00. The van der Waals surface area contributed by atoms with Gasteiger partial charge in [0.2, 0.25) is 0 Å². The zero-order valence-electron chi connectivity index (χ0n) is 10.6. The van der Waals surface area contributed by atoms with Gasteiger partial charge >= 0.3 is 0 Å². The molecule has 0 N–H and O–H groups in total. The Morgan fingerprint density at radius 1 is 1.26 bits per heavy atom. The molecule has 2 aromatic rings. The number of carbonyl (C=O) groups excluding carboxylic acids is 1. The summed E-state index contributed by atoms with van der Waals surface area (Å²) < 4.78 is 1.06. The van der Waals surface area contributed by atoms with E-state index in [-0.39, 0.29) is 5.92 Å². The van der Waals surface area contributed by atoms with E-state index in [0.717, 1.165) is 29.3 Å². The van der Waals surface area contributed by atoms with Crippen LogP contribution in [0.4, 0.5) is 0 Å². The lowest BCUT2D eigenvalue weighted by Gasteiger charge is -2.21. The number of rotatable bonds is 3. The Morgan fingerprint density at radius 3 is 2.84 bits per heavy atom. The number of benzene rings is 1. The molecule has 0 saturated carbocycles. The molecular weight excluding hydrogens is 320 g/mol. The SMILES string of the molecule is O=C(Cc1ccc(Br)cc1)C1CCCc2sccc21. The van der Waals surface area contributed by atoms with Crippen LogP contribution in [-0.4, -0.2) is 5.78 Å². The topological polar surface area (TPSA) is 17.1 Å². The molecule has 0 saturated heterocycles. The van der Waals surface area contributed by atoms with Gasteiger partial charge in [0.05, 0.1) is 0 Å². The number of fused-ring (bicyclic) bond motifs is 1. The number of aryl methyl sites for hydroxylation is 1. The fourth-order valence-electron chi connectivity index (χ4n) is 2.75. The monoisotopic (exact) mass is 334 g/mol. The lowest BCUT2D eigenvalue weighted by atomic mass is 9.83. The number of ketones is 1. The van der Waals surface area contributed by atoms with Gasteiger partial charge in [0.25, 0.3) is 0 Å². The van der Waals surface area contributed by atoms with E-state index in [1.54, 1.807) is 11.3 Å². The highest BCUT2D eigenvalue weighted by Crippen LogP contribution is 2.36. The number of Topliss-reactive ketones (excluding diaryl/α,β-unsaturated/α-hetero) is 1. The summed E-state index contributed by atoms with van der Waals surface area (Å²) in [7, 11) is 0. The van der Waals surface area contributed by atoms with E-state index in [1.807, 2.05) is 24.3 Å². The first-order chi connectivity index (χ1) is 9.24. The molecule has 3 heteroatoms. The van der Waals surface area contributed by atoms with E-state index in [4.69, 9.17) is 0 Å². The van der Waals surface area contributed by atoms with Gasteiger partial charge in [-0.1, -0.05) is 28.1 Å². The molecule has 1 nitrogen and oxygen atoms in total. The van der Waals surface area contributed by atoms with Crippen LogP contribution in [0.15, 0.2) is 40.2 Å². The van der Waals surface area contributed by atoms with Gasteiger partial charge in [0.15, 0.2) is 0 Å². The van der Waals surface area contributed by atoms with Crippen molar-refractivity contribution < 1.29 is 4.79 Å². The summed E-state index contributed by atoms with van der Waals surface area (Å²) in [5, 5.41) is 2.12. The quantitative estimate of drug-likeness (QED) is 0.792. The molecular formula is C16H15BrOS. The molecule has 3 rings (SSSR count). The largest absolute Gasteiger partial charge is 0.299 e. The standard InChI is InChI=1S/C16H15BrOS/c17-12-6-4-11(5-7-12)10-15(18)13-2-1-3-16-14(13)8-9-19-16/h4-9,13H,1-3,10H2. The Kier molecular flexibility index (Phi) is 3.85. The van der Waals surface area contributed by atoms with Gasteiger partial charge in [-0.3, -0.25) is 4.79 Å². The van der Waals surface area contributed by atoms with Crippen molar-refractivity contribution >= 4 is 33.0 Å². The first kappa shape index (κ1) is 13.1. The van der Waals surface area contributed by atoms with Crippen molar-refractivity contribution in [1.82, 2.24) is 0 Å². The van der Waals surface area contributed by atoms with Crippen molar-refractivity contribution in [3.63, 3.8) is 0 Å². The molecule has 1 aromatic carbocycles. The van der Waals surface area contributed by atoms with Crippen LogP contribution in [0.2, 0.25) is 0 Å². The maximum Gasteiger partial charge on any atom is 0.144 e. The van der Waals surface area contributed by atoms with Crippen LogP contribution in [0.25, 0.3) is 0 Å². The lowest BCUT2D eigenvalue weighted by molar-refractivity contribution is -0.120. The first-order valence-corrected chi connectivity index (χ1v) is 8.25. The molecule has 0 aliphatic heterocycles. The molecule has 1 heterocycles. The molecule has 19 heavy (non-hydrogen) atoms.